The van der Waals surface area contributed by atoms with E-state index in [0.29, 0.717) is 18.7 Å². The predicted molar refractivity (Wildman–Crippen MR) is 68.4 cm³/mol. The Bertz CT molecular complexity index is 459. The van der Waals surface area contributed by atoms with E-state index in [2.05, 4.69) is 20.4 Å². The van der Waals surface area contributed by atoms with Crippen molar-refractivity contribution in [3.63, 3.8) is 0 Å². The molecule has 19 heavy (non-hydrogen) atoms. The van der Waals surface area contributed by atoms with Gasteiger partial charge in [0.1, 0.15) is 5.69 Å². The molecule has 0 aliphatic carbocycles. The van der Waals surface area contributed by atoms with E-state index in [9.17, 15) is 9.59 Å². The minimum atomic E-state index is -0.437. The van der Waals surface area contributed by atoms with Gasteiger partial charge in [-0.3, -0.25) is 4.79 Å². The summed E-state index contributed by atoms with van der Waals surface area (Å²) in [4.78, 5) is 26.3. The largest absolute Gasteiger partial charge is 0.464 e. The van der Waals surface area contributed by atoms with E-state index in [0.717, 1.165) is 18.5 Å². The Morgan fingerprint density at radius 1 is 1.58 bits per heavy atom. The number of rotatable bonds is 5. The minimum Gasteiger partial charge on any atom is -0.464 e. The molecule has 1 saturated heterocycles. The van der Waals surface area contributed by atoms with E-state index in [1.807, 2.05) is 6.07 Å². The van der Waals surface area contributed by atoms with E-state index in [4.69, 9.17) is 0 Å². The molecule has 0 bridgehead atoms. The first-order chi connectivity index (χ1) is 9.19. The summed E-state index contributed by atoms with van der Waals surface area (Å²) in [6.45, 7) is 1.39. The summed E-state index contributed by atoms with van der Waals surface area (Å²) in [5, 5.41) is 6.15. The van der Waals surface area contributed by atoms with Gasteiger partial charge < -0.3 is 15.4 Å². The molecule has 1 aliphatic rings. The average Bonchev–Trinajstić information content (AvgIpc) is 2.84. The first-order valence-electron chi connectivity index (χ1n) is 6.22. The molecule has 0 aromatic carbocycles. The molecule has 2 N–H and O–H groups in total. The number of carbonyl (C=O) groups excluding carboxylic acids is 2. The first kappa shape index (κ1) is 13.5. The summed E-state index contributed by atoms with van der Waals surface area (Å²) in [5.74, 6) is -0.316. The van der Waals surface area contributed by atoms with Crippen LogP contribution in [0.4, 0.5) is 0 Å². The summed E-state index contributed by atoms with van der Waals surface area (Å²) in [5.41, 5.74) is 1.28. The van der Waals surface area contributed by atoms with E-state index >= 15 is 0 Å². The Kier molecular flexibility index (Phi) is 4.46. The van der Waals surface area contributed by atoms with Crippen molar-refractivity contribution in [1.82, 2.24) is 15.6 Å². The molecule has 0 spiro atoms. The normalized spacial score (nSPS) is 18.2. The molecule has 1 amide bonds. The summed E-state index contributed by atoms with van der Waals surface area (Å²) in [6, 6.07) is 3.69. The number of nitrogens with zero attached hydrogens (tertiary/aromatic N) is 1. The van der Waals surface area contributed by atoms with Gasteiger partial charge in [0.25, 0.3) is 0 Å². The van der Waals surface area contributed by atoms with Crippen molar-refractivity contribution >= 4 is 11.9 Å². The molecule has 0 saturated carbocycles. The van der Waals surface area contributed by atoms with Gasteiger partial charge in [0.05, 0.1) is 7.11 Å². The molecule has 6 heteroatoms. The van der Waals surface area contributed by atoms with Gasteiger partial charge in [-0.2, -0.15) is 0 Å². The van der Waals surface area contributed by atoms with Crippen molar-refractivity contribution in [2.24, 2.45) is 0 Å². The molecule has 1 fully saturated rings. The second-order valence-corrected chi connectivity index (χ2v) is 4.48. The van der Waals surface area contributed by atoms with Gasteiger partial charge in [-0.1, -0.05) is 6.07 Å². The minimum absolute atomic E-state index is 0.121. The molecule has 1 atom stereocenters. The van der Waals surface area contributed by atoms with Gasteiger partial charge in [-0.05, 0) is 18.1 Å². The third-order valence-electron chi connectivity index (χ3n) is 3.02. The highest BCUT2D eigenvalue weighted by Gasteiger charge is 2.19. The zero-order chi connectivity index (χ0) is 13.7. The van der Waals surface area contributed by atoms with Crippen molar-refractivity contribution in [2.45, 2.75) is 25.4 Å². The van der Waals surface area contributed by atoms with E-state index in [-0.39, 0.29) is 11.9 Å². The zero-order valence-corrected chi connectivity index (χ0v) is 10.8. The second-order valence-electron chi connectivity index (χ2n) is 4.48. The van der Waals surface area contributed by atoms with Crippen LogP contribution in [0.15, 0.2) is 18.3 Å². The number of hydrogen-bond donors (Lipinski definition) is 2. The second kappa shape index (κ2) is 6.29. The van der Waals surface area contributed by atoms with Crippen molar-refractivity contribution in [2.75, 3.05) is 13.7 Å². The monoisotopic (exact) mass is 263 g/mol. The molecule has 1 aromatic heterocycles. The van der Waals surface area contributed by atoms with Crippen LogP contribution >= 0.6 is 0 Å². The fourth-order valence-electron chi connectivity index (χ4n) is 1.98. The number of aromatic nitrogens is 1. The number of methoxy groups -OCH3 is 1. The molecule has 102 valence electrons. The molecule has 2 rings (SSSR count). The van der Waals surface area contributed by atoms with Gasteiger partial charge in [0.15, 0.2) is 0 Å². The van der Waals surface area contributed by atoms with Gasteiger partial charge in [0, 0.05) is 31.7 Å². The van der Waals surface area contributed by atoms with Crippen molar-refractivity contribution in [3.05, 3.63) is 29.6 Å². The fraction of sp³-hybridized carbons (Fsp3) is 0.462. The van der Waals surface area contributed by atoms with Crippen molar-refractivity contribution in [3.8, 4) is 0 Å². The number of carbonyl (C=O) groups is 2. The lowest BCUT2D eigenvalue weighted by Gasteiger charge is -2.11. The zero-order valence-electron chi connectivity index (χ0n) is 10.8. The van der Waals surface area contributed by atoms with E-state index in [1.54, 1.807) is 12.3 Å². The lowest BCUT2D eigenvalue weighted by atomic mass is 10.2. The molecular formula is C13H17N3O3. The molecule has 1 aromatic rings. The van der Waals surface area contributed by atoms with Gasteiger partial charge in [0.2, 0.25) is 5.91 Å². The van der Waals surface area contributed by atoms with Gasteiger partial charge in [-0.15, -0.1) is 0 Å². The summed E-state index contributed by atoms with van der Waals surface area (Å²) in [6.07, 6.45) is 3.14. The number of ether oxygens (including phenoxy) is 1. The van der Waals surface area contributed by atoms with Crippen LogP contribution in [0, 0.1) is 0 Å². The molecular weight excluding hydrogens is 246 g/mol. The maximum atomic E-state index is 11.2. The van der Waals surface area contributed by atoms with Crippen LogP contribution < -0.4 is 10.6 Å². The lowest BCUT2D eigenvalue weighted by Crippen LogP contribution is -2.35. The molecule has 0 radical (unpaired) electrons. The summed E-state index contributed by atoms with van der Waals surface area (Å²) < 4.78 is 4.58. The van der Waals surface area contributed by atoms with Gasteiger partial charge >= 0.3 is 5.97 Å². The summed E-state index contributed by atoms with van der Waals surface area (Å²) >= 11 is 0. The molecule has 0 unspecified atom stereocenters. The molecule has 1 aliphatic heterocycles. The van der Waals surface area contributed by atoms with Crippen molar-refractivity contribution in [1.29, 1.82) is 0 Å². The number of pyridine rings is 1. The quantitative estimate of drug-likeness (QED) is 0.744. The lowest BCUT2D eigenvalue weighted by molar-refractivity contribution is -0.119. The Balaban J connectivity index is 1.77. The first-order valence-corrected chi connectivity index (χ1v) is 6.22. The SMILES string of the molecule is COC(=O)c1ccc(CNC[C@@H]2CCC(=O)N2)cn1. The highest BCUT2D eigenvalue weighted by molar-refractivity contribution is 5.86. The maximum Gasteiger partial charge on any atom is 0.356 e. The van der Waals surface area contributed by atoms with E-state index < -0.39 is 5.97 Å². The van der Waals surface area contributed by atoms with Crippen LogP contribution in [0.1, 0.15) is 28.9 Å². The van der Waals surface area contributed by atoms with Crippen LogP contribution in [-0.2, 0) is 16.1 Å². The fourth-order valence-corrected chi connectivity index (χ4v) is 1.98. The highest BCUT2D eigenvalue weighted by atomic mass is 16.5. The number of amides is 1. The third-order valence-corrected chi connectivity index (χ3v) is 3.02. The standard InChI is InChI=1S/C13H17N3O3/c1-19-13(18)11-4-2-9(7-15-11)6-14-8-10-3-5-12(17)16-10/h2,4,7,10,14H,3,5-6,8H2,1H3,(H,16,17)/t10-/m0/s1. The number of nitrogens with one attached hydrogen (secondary N) is 2. The Hall–Kier alpha value is -1.95. The van der Waals surface area contributed by atoms with Crippen LogP contribution in [0.25, 0.3) is 0 Å². The van der Waals surface area contributed by atoms with Crippen LogP contribution in [0.5, 0.6) is 0 Å². The molecule has 6 nitrogen and oxygen atoms in total. The van der Waals surface area contributed by atoms with Crippen LogP contribution in [0.3, 0.4) is 0 Å². The maximum absolute atomic E-state index is 11.2. The Labute approximate surface area is 111 Å². The number of hydrogen-bond acceptors (Lipinski definition) is 5. The van der Waals surface area contributed by atoms with Crippen molar-refractivity contribution < 1.29 is 14.3 Å². The highest BCUT2D eigenvalue weighted by Crippen LogP contribution is 2.06. The Morgan fingerprint density at radius 3 is 3.00 bits per heavy atom. The average molecular weight is 263 g/mol. The molecule has 2 heterocycles. The van der Waals surface area contributed by atoms with Crippen LogP contribution in [-0.4, -0.2) is 36.6 Å². The third kappa shape index (κ3) is 3.75. The van der Waals surface area contributed by atoms with Crippen LogP contribution in [0.2, 0.25) is 0 Å². The predicted octanol–water partition coefficient (Wildman–Crippen LogP) is 0.236. The van der Waals surface area contributed by atoms with Gasteiger partial charge in [-0.25, -0.2) is 9.78 Å². The Morgan fingerprint density at radius 2 is 2.42 bits per heavy atom. The number of esters is 1. The van der Waals surface area contributed by atoms with E-state index in [1.165, 1.54) is 7.11 Å². The smallest absolute Gasteiger partial charge is 0.356 e. The summed E-state index contributed by atoms with van der Waals surface area (Å²) in [7, 11) is 1.33. The topological polar surface area (TPSA) is 80.3 Å².